The molecule has 106 valence electrons. The van der Waals surface area contributed by atoms with E-state index < -0.39 is 0 Å². The van der Waals surface area contributed by atoms with Gasteiger partial charge >= 0.3 is 0 Å². The molecule has 1 aromatic carbocycles. The Bertz CT molecular complexity index is 419. The second-order valence-electron chi connectivity index (χ2n) is 5.36. The molecule has 0 radical (unpaired) electrons. The first-order valence-corrected chi connectivity index (χ1v) is 7.71. The quantitative estimate of drug-likeness (QED) is 0.770. The van der Waals surface area contributed by atoms with E-state index in [0.29, 0.717) is 0 Å². The van der Waals surface area contributed by atoms with Crippen molar-refractivity contribution < 1.29 is 9.84 Å². The molecule has 3 nitrogen and oxygen atoms in total. The summed E-state index contributed by atoms with van der Waals surface area (Å²) in [4.78, 5) is 0. The van der Waals surface area contributed by atoms with Crippen LogP contribution in [-0.2, 0) is 6.54 Å². The first-order chi connectivity index (χ1) is 9.19. The lowest BCUT2D eigenvalue weighted by atomic mass is 10.1. The Morgan fingerprint density at radius 2 is 2.21 bits per heavy atom. The number of halogens is 1. The van der Waals surface area contributed by atoms with Crippen LogP contribution in [-0.4, -0.2) is 24.9 Å². The third-order valence-electron chi connectivity index (χ3n) is 3.59. The molecule has 2 N–H and O–H groups in total. The zero-order chi connectivity index (χ0) is 13.7. The summed E-state index contributed by atoms with van der Waals surface area (Å²) in [7, 11) is 0. The summed E-state index contributed by atoms with van der Waals surface area (Å²) in [5.41, 5.74) is 1.31. The summed E-state index contributed by atoms with van der Waals surface area (Å²) in [5.74, 6) is 0.950. The SMILES string of the molecule is CCCOc1ccc(Br)cc1CNCC1(CO)CC1. The molecule has 0 aliphatic heterocycles. The smallest absolute Gasteiger partial charge is 0.123 e. The largest absolute Gasteiger partial charge is 0.493 e. The molecule has 0 amide bonds. The monoisotopic (exact) mass is 327 g/mol. The molecule has 1 saturated carbocycles. The fourth-order valence-corrected chi connectivity index (χ4v) is 2.48. The van der Waals surface area contributed by atoms with E-state index in [1.807, 2.05) is 12.1 Å². The summed E-state index contributed by atoms with van der Waals surface area (Å²) >= 11 is 3.50. The molecule has 0 heterocycles. The van der Waals surface area contributed by atoms with Crippen LogP contribution in [0.15, 0.2) is 22.7 Å². The third kappa shape index (κ3) is 4.20. The number of hydrogen-bond donors (Lipinski definition) is 2. The van der Waals surface area contributed by atoms with E-state index >= 15 is 0 Å². The molecular formula is C15H22BrNO2. The second-order valence-corrected chi connectivity index (χ2v) is 6.28. The van der Waals surface area contributed by atoms with Crippen LogP contribution in [0.4, 0.5) is 0 Å². The van der Waals surface area contributed by atoms with Gasteiger partial charge in [0, 0.05) is 35.1 Å². The fraction of sp³-hybridized carbons (Fsp3) is 0.600. The predicted octanol–water partition coefficient (Wildman–Crippen LogP) is 3.10. The highest BCUT2D eigenvalue weighted by molar-refractivity contribution is 9.10. The van der Waals surface area contributed by atoms with Gasteiger partial charge in [-0.15, -0.1) is 0 Å². The molecule has 1 aliphatic carbocycles. The highest BCUT2D eigenvalue weighted by Gasteiger charge is 2.41. The number of hydrogen-bond acceptors (Lipinski definition) is 3. The Balaban J connectivity index is 1.91. The summed E-state index contributed by atoms with van der Waals surface area (Å²) in [6.45, 7) is 4.80. The normalized spacial score (nSPS) is 16.4. The third-order valence-corrected chi connectivity index (χ3v) is 4.09. The lowest BCUT2D eigenvalue weighted by molar-refractivity contribution is 0.207. The van der Waals surface area contributed by atoms with Crippen LogP contribution in [0.25, 0.3) is 0 Å². The maximum atomic E-state index is 9.30. The Kier molecular flexibility index (Phi) is 5.25. The summed E-state index contributed by atoms with van der Waals surface area (Å²) in [6.07, 6.45) is 3.28. The highest BCUT2D eigenvalue weighted by atomic mass is 79.9. The number of rotatable bonds is 8. The molecule has 1 fully saturated rings. The topological polar surface area (TPSA) is 41.5 Å². The van der Waals surface area contributed by atoms with Crippen LogP contribution in [0.5, 0.6) is 5.75 Å². The first-order valence-electron chi connectivity index (χ1n) is 6.92. The highest BCUT2D eigenvalue weighted by Crippen LogP contribution is 2.44. The van der Waals surface area contributed by atoms with Gasteiger partial charge in [0.2, 0.25) is 0 Å². The van der Waals surface area contributed by atoms with Gasteiger partial charge in [0.25, 0.3) is 0 Å². The molecule has 19 heavy (non-hydrogen) atoms. The number of ether oxygens (including phenoxy) is 1. The van der Waals surface area contributed by atoms with Gasteiger partial charge in [-0.25, -0.2) is 0 Å². The van der Waals surface area contributed by atoms with E-state index in [2.05, 4.69) is 34.2 Å². The lowest BCUT2D eigenvalue weighted by Gasteiger charge is -2.15. The van der Waals surface area contributed by atoms with Gasteiger partial charge in [-0.3, -0.25) is 0 Å². The number of benzene rings is 1. The van der Waals surface area contributed by atoms with Crippen molar-refractivity contribution in [3.63, 3.8) is 0 Å². The van der Waals surface area contributed by atoms with Crippen molar-refractivity contribution >= 4 is 15.9 Å². The molecule has 0 spiro atoms. The molecule has 0 atom stereocenters. The zero-order valence-corrected chi connectivity index (χ0v) is 13.0. The molecule has 1 aliphatic rings. The van der Waals surface area contributed by atoms with Gasteiger partial charge < -0.3 is 15.2 Å². The number of nitrogens with one attached hydrogen (secondary N) is 1. The summed E-state index contributed by atoms with van der Waals surface area (Å²) < 4.78 is 6.82. The standard InChI is InChI=1S/C15H22BrNO2/c1-2-7-19-14-4-3-13(16)8-12(14)9-17-10-15(11-18)5-6-15/h3-4,8,17-18H,2,5-7,9-11H2,1H3. The van der Waals surface area contributed by atoms with Crippen LogP contribution < -0.4 is 10.1 Å². The Morgan fingerprint density at radius 3 is 2.84 bits per heavy atom. The molecule has 0 aromatic heterocycles. The van der Waals surface area contributed by atoms with Crippen molar-refractivity contribution in [2.45, 2.75) is 32.7 Å². The Morgan fingerprint density at radius 1 is 1.42 bits per heavy atom. The minimum atomic E-state index is 0.149. The fourth-order valence-electron chi connectivity index (χ4n) is 2.07. The maximum Gasteiger partial charge on any atom is 0.123 e. The van der Waals surface area contributed by atoms with Gasteiger partial charge in [-0.05, 0) is 37.5 Å². The van der Waals surface area contributed by atoms with Crippen molar-refractivity contribution in [1.29, 1.82) is 0 Å². The molecular weight excluding hydrogens is 306 g/mol. The van der Waals surface area contributed by atoms with E-state index in [1.54, 1.807) is 0 Å². The van der Waals surface area contributed by atoms with Crippen molar-refractivity contribution in [3.05, 3.63) is 28.2 Å². The molecule has 0 saturated heterocycles. The van der Waals surface area contributed by atoms with E-state index in [9.17, 15) is 5.11 Å². The van der Waals surface area contributed by atoms with Crippen LogP contribution in [0, 0.1) is 5.41 Å². The second kappa shape index (κ2) is 6.73. The average molecular weight is 328 g/mol. The minimum Gasteiger partial charge on any atom is -0.493 e. The van der Waals surface area contributed by atoms with E-state index in [1.165, 1.54) is 0 Å². The van der Waals surface area contributed by atoms with Gasteiger partial charge in [-0.1, -0.05) is 22.9 Å². The summed E-state index contributed by atoms with van der Waals surface area (Å²) in [6, 6.07) is 6.11. The Hall–Kier alpha value is -0.580. The van der Waals surface area contributed by atoms with E-state index in [-0.39, 0.29) is 12.0 Å². The van der Waals surface area contributed by atoms with Crippen molar-refractivity contribution in [2.24, 2.45) is 5.41 Å². The molecule has 1 aromatic rings. The lowest BCUT2D eigenvalue weighted by Crippen LogP contribution is -2.26. The summed E-state index contributed by atoms with van der Waals surface area (Å²) in [5, 5.41) is 12.7. The first kappa shape index (κ1) is 14.8. The number of aliphatic hydroxyl groups excluding tert-OH is 1. The van der Waals surface area contributed by atoms with Crippen molar-refractivity contribution in [1.82, 2.24) is 5.32 Å². The average Bonchev–Trinajstić information content (AvgIpc) is 3.18. The zero-order valence-electron chi connectivity index (χ0n) is 11.4. The van der Waals surface area contributed by atoms with E-state index in [4.69, 9.17) is 4.74 Å². The van der Waals surface area contributed by atoms with Gasteiger partial charge in [0.1, 0.15) is 5.75 Å². The van der Waals surface area contributed by atoms with E-state index in [0.717, 1.165) is 54.7 Å². The molecule has 0 bridgehead atoms. The maximum absolute atomic E-state index is 9.30. The molecule has 0 unspecified atom stereocenters. The van der Waals surface area contributed by atoms with Gasteiger partial charge in [0.05, 0.1) is 6.61 Å². The predicted molar refractivity (Wildman–Crippen MR) is 80.4 cm³/mol. The number of aliphatic hydroxyl groups is 1. The van der Waals surface area contributed by atoms with Crippen molar-refractivity contribution in [2.75, 3.05) is 19.8 Å². The molecule has 4 heteroatoms. The van der Waals surface area contributed by atoms with Crippen molar-refractivity contribution in [3.8, 4) is 5.75 Å². The van der Waals surface area contributed by atoms with Crippen LogP contribution in [0.1, 0.15) is 31.7 Å². The molecule has 2 rings (SSSR count). The van der Waals surface area contributed by atoms with Crippen LogP contribution in [0.3, 0.4) is 0 Å². The van der Waals surface area contributed by atoms with Gasteiger partial charge in [0.15, 0.2) is 0 Å². The van der Waals surface area contributed by atoms with Gasteiger partial charge in [-0.2, -0.15) is 0 Å². The Labute approximate surface area is 123 Å². The minimum absolute atomic E-state index is 0.149. The van der Waals surface area contributed by atoms with Crippen LogP contribution >= 0.6 is 15.9 Å². The van der Waals surface area contributed by atoms with Crippen LogP contribution in [0.2, 0.25) is 0 Å².